The molecule has 5 nitrogen and oxygen atoms in total. The van der Waals surface area contributed by atoms with Gasteiger partial charge < -0.3 is 15.4 Å². The number of halogens is 2. The molecule has 3 rings (SSSR count). The van der Waals surface area contributed by atoms with E-state index in [4.69, 9.17) is 11.6 Å². The number of fused-ring (bicyclic) bond motifs is 1. The van der Waals surface area contributed by atoms with Gasteiger partial charge in [-0.15, -0.1) is 0 Å². The van der Waals surface area contributed by atoms with Crippen LogP contribution in [-0.2, 0) is 11.2 Å². The molecule has 0 aliphatic heterocycles. The highest BCUT2D eigenvalue weighted by Gasteiger charge is 2.19. The van der Waals surface area contributed by atoms with Crippen LogP contribution in [0.1, 0.15) is 16.1 Å². The molecule has 24 heavy (non-hydrogen) atoms. The Morgan fingerprint density at radius 1 is 1.21 bits per heavy atom. The third-order valence-electron chi connectivity index (χ3n) is 3.57. The van der Waals surface area contributed by atoms with Crippen LogP contribution in [0.5, 0.6) is 0 Å². The summed E-state index contributed by atoms with van der Waals surface area (Å²) in [6.45, 7) is 0. The number of hydrogen-bond acceptors (Lipinski definition) is 2. The lowest BCUT2D eigenvalue weighted by molar-refractivity contribution is -0.115. The molecule has 1 aromatic heterocycles. The summed E-state index contributed by atoms with van der Waals surface area (Å²) in [5.74, 6) is -2.15. The van der Waals surface area contributed by atoms with Crippen LogP contribution >= 0.6 is 11.6 Å². The van der Waals surface area contributed by atoms with E-state index in [1.807, 2.05) is 0 Å². The van der Waals surface area contributed by atoms with Gasteiger partial charge in [-0.1, -0.05) is 29.8 Å². The number of amides is 1. The SMILES string of the molecule is O=C(Cc1c(C(=O)O)[nH]c2ccccc12)Nc1ccc(F)c(Cl)c1. The molecule has 0 saturated heterocycles. The number of aromatic amines is 1. The van der Waals surface area contributed by atoms with E-state index in [0.717, 1.165) is 6.07 Å². The van der Waals surface area contributed by atoms with Crippen molar-refractivity contribution >= 4 is 40.1 Å². The number of carbonyl (C=O) groups excluding carboxylic acids is 1. The maximum absolute atomic E-state index is 13.1. The molecule has 0 saturated carbocycles. The molecule has 3 N–H and O–H groups in total. The average molecular weight is 347 g/mol. The lowest BCUT2D eigenvalue weighted by Gasteiger charge is -2.06. The molecule has 0 unspecified atom stereocenters. The van der Waals surface area contributed by atoms with Gasteiger partial charge in [-0.3, -0.25) is 4.79 Å². The summed E-state index contributed by atoms with van der Waals surface area (Å²) in [5, 5.41) is 12.5. The van der Waals surface area contributed by atoms with Gasteiger partial charge in [0.25, 0.3) is 0 Å². The molecule has 1 amide bonds. The van der Waals surface area contributed by atoms with Crippen LogP contribution in [0, 0.1) is 5.82 Å². The van der Waals surface area contributed by atoms with Crippen molar-refractivity contribution in [2.24, 2.45) is 0 Å². The molecule has 0 aliphatic rings. The largest absolute Gasteiger partial charge is 0.477 e. The van der Waals surface area contributed by atoms with Crippen molar-refractivity contribution in [1.82, 2.24) is 4.98 Å². The fourth-order valence-corrected chi connectivity index (χ4v) is 2.69. The standard InChI is InChI=1S/C17H12ClFN2O3/c18-12-7-9(5-6-13(12)19)20-15(22)8-11-10-3-1-2-4-14(10)21-16(11)17(23)24/h1-7,21H,8H2,(H,20,22)(H,23,24). The molecule has 0 atom stereocenters. The molecule has 3 aromatic rings. The van der Waals surface area contributed by atoms with Crippen LogP contribution in [0.25, 0.3) is 10.9 Å². The quantitative estimate of drug-likeness (QED) is 0.671. The van der Waals surface area contributed by atoms with Crippen LogP contribution in [-0.4, -0.2) is 22.0 Å². The van der Waals surface area contributed by atoms with Gasteiger partial charge in [0.05, 0.1) is 11.4 Å². The highest BCUT2D eigenvalue weighted by Crippen LogP contribution is 2.24. The van der Waals surface area contributed by atoms with Gasteiger partial charge in [-0.05, 0) is 24.3 Å². The van der Waals surface area contributed by atoms with Gasteiger partial charge in [-0.2, -0.15) is 0 Å². The monoisotopic (exact) mass is 346 g/mol. The lowest BCUT2D eigenvalue weighted by atomic mass is 10.1. The first-order valence-corrected chi connectivity index (χ1v) is 7.41. The first kappa shape index (κ1) is 16.0. The molecular weight excluding hydrogens is 335 g/mol. The minimum absolute atomic E-state index is 0.0245. The molecule has 122 valence electrons. The normalized spacial score (nSPS) is 10.8. The van der Waals surface area contributed by atoms with E-state index in [9.17, 15) is 19.1 Å². The van der Waals surface area contributed by atoms with Gasteiger partial charge in [0.1, 0.15) is 11.5 Å². The minimum atomic E-state index is -1.14. The highest BCUT2D eigenvalue weighted by atomic mass is 35.5. The predicted octanol–water partition coefficient (Wildman–Crippen LogP) is 3.84. The molecule has 0 aliphatic carbocycles. The molecule has 7 heteroatoms. The number of anilines is 1. The predicted molar refractivity (Wildman–Crippen MR) is 89.0 cm³/mol. The maximum Gasteiger partial charge on any atom is 0.352 e. The molecule has 1 heterocycles. The summed E-state index contributed by atoms with van der Waals surface area (Å²) in [4.78, 5) is 26.4. The number of rotatable bonds is 4. The van der Waals surface area contributed by atoms with E-state index in [0.29, 0.717) is 22.2 Å². The maximum atomic E-state index is 13.1. The van der Waals surface area contributed by atoms with E-state index in [1.54, 1.807) is 24.3 Å². The Hall–Kier alpha value is -2.86. The number of carboxylic acid groups (broad SMARTS) is 1. The van der Waals surface area contributed by atoms with Gasteiger partial charge in [0, 0.05) is 22.2 Å². The van der Waals surface area contributed by atoms with Gasteiger partial charge in [-0.25, -0.2) is 9.18 Å². The zero-order valence-electron chi connectivity index (χ0n) is 12.3. The van der Waals surface area contributed by atoms with Crippen molar-refractivity contribution in [2.45, 2.75) is 6.42 Å². The van der Waals surface area contributed by atoms with E-state index in [-0.39, 0.29) is 17.1 Å². The second-order valence-electron chi connectivity index (χ2n) is 5.18. The van der Waals surface area contributed by atoms with Gasteiger partial charge >= 0.3 is 5.97 Å². The van der Waals surface area contributed by atoms with Gasteiger partial charge in [0.15, 0.2) is 0 Å². The molecular formula is C17H12ClFN2O3. The summed E-state index contributed by atoms with van der Waals surface area (Å²) >= 11 is 5.68. The Morgan fingerprint density at radius 2 is 1.96 bits per heavy atom. The molecule has 0 fully saturated rings. The Balaban J connectivity index is 1.88. The number of nitrogens with one attached hydrogen (secondary N) is 2. The summed E-state index contributed by atoms with van der Waals surface area (Å²) < 4.78 is 13.1. The molecule has 0 bridgehead atoms. The second-order valence-corrected chi connectivity index (χ2v) is 5.59. The highest BCUT2D eigenvalue weighted by molar-refractivity contribution is 6.31. The second kappa shape index (κ2) is 6.33. The van der Waals surface area contributed by atoms with Crippen molar-refractivity contribution < 1.29 is 19.1 Å². The third kappa shape index (κ3) is 3.09. The van der Waals surface area contributed by atoms with E-state index in [2.05, 4.69) is 10.3 Å². The topological polar surface area (TPSA) is 82.2 Å². The minimum Gasteiger partial charge on any atom is -0.477 e. The van der Waals surface area contributed by atoms with Crippen molar-refractivity contribution in [3.63, 3.8) is 0 Å². The van der Waals surface area contributed by atoms with Gasteiger partial charge in [0.2, 0.25) is 5.91 Å². The van der Waals surface area contributed by atoms with Crippen molar-refractivity contribution in [1.29, 1.82) is 0 Å². The smallest absolute Gasteiger partial charge is 0.352 e. The number of H-pyrrole nitrogens is 1. The number of aromatic carboxylic acids is 1. The van der Waals surface area contributed by atoms with E-state index >= 15 is 0 Å². The number of para-hydroxylation sites is 1. The number of benzene rings is 2. The average Bonchev–Trinajstić information content (AvgIpc) is 2.90. The summed E-state index contributed by atoms with van der Waals surface area (Å²) in [5.41, 5.74) is 1.35. The van der Waals surface area contributed by atoms with E-state index in [1.165, 1.54) is 12.1 Å². The van der Waals surface area contributed by atoms with Crippen LogP contribution in [0.15, 0.2) is 42.5 Å². The van der Waals surface area contributed by atoms with Crippen LogP contribution in [0.3, 0.4) is 0 Å². The summed E-state index contributed by atoms with van der Waals surface area (Å²) in [6, 6.07) is 10.8. The Labute approximate surface area is 141 Å². The van der Waals surface area contributed by atoms with E-state index < -0.39 is 17.7 Å². The molecule has 0 spiro atoms. The van der Waals surface area contributed by atoms with Crippen LogP contribution in [0.4, 0.5) is 10.1 Å². The Morgan fingerprint density at radius 3 is 2.67 bits per heavy atom. The molecule has 2 aromatic carbocycles. The van der Waals surface area contributed by atoms with Crippen LogP contribution in [0.2, 0.25) is 5.02 Å². The fourth-order valence-electron chi connectivity index (χ4n) is 2.51. The third-order valence-corrected chi connectivity index (χ3v) is 3.86. The summed E-state index contributed by atoms with van der Waals surface area (Å²) in [7, 11) is 0. The van der Waals surface area contributed by atoms with Crippen molar-refractivity contribution in [3.8, 4) is 0 Å². The molecule has 0 radical (unpaired) electrons. The van der Waals surface area contributed by atoms with Crippen molar-refractivity contribution in [2.75, 3.05) is 5.32 Å². The number of hydrogen-bond donors (Lipinski definition) is 3. The zero-order chi connectivity index (χ0) is 17.3. The Bertz CT molecular complexity index is 952. The zero-order valence-corrected chi connectivity index (χ0v) is 13.0. The Kier molecular flexibility index (Phi) is 4.22. The van der Waals surface area contributed by atoms with Crippen molar-refractivity contribution in [3.05, 3.63) is 64.6 Å². The number of carbonyl (C=O) groups is 2. The van der Waals surface area contributed by atoms with Crippen LogP contribution < -0.4 is 5.32 Å². The lowest BCUT2D eigenvalue weighted by Crippen LogP contribution is -2.16. The fraction of sp³-hybridized carbons (Fsp3) is 0.0588. The number of aromatic nitrogens is 1. The first-order chi connectivity index (χ1) is 11.5. The summed E-state index contributed by atoms with van der Waals surface area (Å²) in [6.07, 6.45) is -0.138. The first-order valence-electron chi connectivity index (χ1n) is 7.03. The number of carboxylic acids is 1.